The number of rotatable bonds is 2. The number of benzene rings is 1. The van der Waals surface area contributed by atoms with Gasteiger partial charge in [0.05, 0.1) is 5.92 Å². The molecule has 3 nitrogen and oxygen atoms in total. The van der Waals surface area contributed by atoms with E-state index in [4.69, 9.17) is 0 Å². The van der Waals surface area contributed by atoms with Gasteiger partial charge in [0.2, 0.25) is 11.8 Å². The average molecular weight is 231 g/mol. The Hall–Kier alpha value is -1.64. The molecule has 1 aliphatic rings. The number of carbonyl (C=O) groups is 2. The van der Waals surface area contributed by atoms with E-state index >= 15 is 0 Å². The first-order valence-electron chi connectivity index (χ1n) is 6.01. The quantitative estimate of drug-likeness (QED) is 0.794. The largest absolute Gasteiger partial charge is 0.296 e. The molecule has 1 N–H and O–H groups in total. The Kier molecular flexibility index (Phi) is 3.27. The Labute approximate surface area is 101 Å². The summed E-state index contributed by atoms with van der Waals surface area (Å²) in [6.07, 6.45) is 1.05. The zero-order valence-corrected chi connectivity index (χ0v) is 10.2. The van der Waals surface area contributed by atoms with Gasteiger partial charge in [0.15, 0.2) is 0 Å². The van der Waals surface area contributed by atoms with Gasteiger partial charge in [0.1, 0.15) is 0 Å². The van der Waals surface area contributed by atoms with Crippen LogP contribution in [0, 0.1) is 0 Å². The molecule has 1 aromatic rings. The van der Waals surface area contributed by atoms with Crippen LogP contribution in [0.1, 0.15) is 49.7 Å². The minimum atomic E-state index is -0.172. The normalized spacial score (nSPS) is 20.5. The van der Waals surface area contributed by atoms with Gasteiger partial charge in [-0.05, 0) is 23.5 Å². The minimum absolute atomic E-state index is 0.162. The van der Waals surface area contributed by atoms with Gasteiger partial charge in [-0.15, -0.1) is 0 Å². The van der Waals surface area contributed by atoms with Gasteiger partial charge in [0.25, 0.3) is 0 Å². The fourth-order valence-corrected chi connectivity index (χ4v) is 2.12. The fourth-order valence-electron chi connectivity index (χ4n) is 2.12. The van der Waals surface area contributed by atoms with Crippen LogP contribution in [0.5, 0.6) is 0 Å². The van der Waals surface area contributed by atoms with Gasteiger partial charge in [-0.25, -0.2) is 0 Å². The van der Waals surface area contributed by atoms with Gasteiger partial charge in [-0.3, -0.25) is 14.9 Å². The van der Waals surface area contributed by atoms with E-state index in [0.717, 1.165) is 5.56 Å². The maximum absolute atomic E-state index is 11.7. The zero-order valence-electron chi connectivity index (χ0n) is 10.2. The molecule has 17 heavy (non-hydrogen) atoms. The number of hydrogen-bond acceptors (Lipinski definition) is 2. The number of carbonyl (C=O) groups excluding carboxylic acids is 2. The summed E-state index contributed by atoms with van der Waals surface area (Å²) >= 11 is 0. The lowest BCUT2D eigenvalue weighted by Crippen LogP contribution is -2.39. The van der Waals surface area contributed by atoms with E-state index < -0.39 is 0 Å². The van der Waals surface area contributed by atoms with E-state index in [9.17, 15) is 9.59 Å². The van der Waals surface area contributed by atoms with Crippen LogP contribution in [-0.2, 0) is 9.59 Å². The van der Waals surface area contributed by atoms with Gasteiger partial charge in [-0.1, -0.05) is 38.1 Å². The van der Waals surface area contributed by atoms with E-state index in [1.54, 1.807) is 0 Å². The highest BCUT2D eigenvalue weighted by Gasteiger charge is 2.27. The molecule has 1 saturated heterocycles. The highest BCUT2D eigenvalue weighted by atomic mass is 16.2. The molecule has 1 aromatic carbocycles. The van der Waals surface area contributed by atoms with Crippen LogP contribution in [-0.4, -0.2) is 11.8 Å². The molecule has 1 heterocycles. The van der Waals surface area contributed by atoms with Crippen LogP contribution in [0.25, 0.3) is 0 Å². The molecule has 0 aliphatic carbocycles. The maximum Gasteiger partial charge on any atom is 0.234 e. The Morgan fingerprint density at radius 1 is 1.18 bits per heavy atom. The first kappa shape index (κ1) is 11.8. The molecule has 0 bridgehead atoms. The summed E-state index contributed by atoms with van der Waals surface area (Å²) in [5.74, 6) is -0.0108. The van der Waals surface area contributed by atoms with Crippen LogP contribution in [0.15, 0.2) is 24.3 Å². The number of amides is 2. The summed E-state index contributed by atoms with van der Waals surface area (Å²) < 4.78 is 0. The topological polar surface area (TPSA) is 46.2 Å². The highest BCUT2D eigenvalue weighted by molar-refractivity contribution is 6.00. The number of hydrogen-bond donors (Lipinski definition) is 1. The molecule has 0 unspecified atom stereocenters. The van der Waals surface area contributed by atoms with Crippen molar-refractivity contribution in [2.45, 2.75) is 38.5 Å². The highest BCUT2D eigenvalue weighted by Crippen LogP contribution is 2.26. The third kappa shape index (κ3) is 2.54. The summed E-state index contributed by atoms with van der Waals surface area (Å²) in [4.78, 5) is 22.8. The van der Waals surface area contributed by atoms with Crippen molar-refractivity contribution in [1.29, 1.82) is 0 Å². The molecular weight excluding hydrogens is 214 g/mol. The van der Waals surface area contributed by atoms with Gasteiger partial charge in [-0.2, -0.15) is 0 Å². The minimum Gasteiger partial charge on any atom is -0.296 e. The monoisotopic (exact) mass is 231 g/mol. The van der Waals surface area contributed by atoms with Crippen molar-refractivity contribution < 1.29 is 9.59 Å². The molecular formula is C14H17NO2. The molecule has 2 amide bonds. The van der Waals surface area contributed by atoms with Gasteiger partial charge in [0, 0.05) is 6.42 Å². The van der Waals surface area contributed by atoms with Crippen LogP contribution >= 0.6 is 0 Å². The number of piperidine rings is 1. The van der Waals surface area contributed by atoms with Crippen molar-refractivity contribution in [3.63, 3.8) is 0 Å². The second-order valence-corrected chi connectivity index (χ2v) is 4.83. The third-order valence-electron chi connectivity index (χ3n) is 3.24. The van der Waals surface area contributed by atoms with Crippen LogP contribution in [0.4, 0.5) is 0 Å². The lowest BCUT2D eigenvalue weighted by atomic mass is 9.89. The van der Waals surface area contributed by atoms with Crippen molar-refractivity contribution in [3.05, 3.63) is 35.4 Å². The molecule has 0 spiro atoms. The molecule has 1 atom stereocenters. The molecule has 90 valence electrons. The first-order chi connectivity index (χ1) is 8.08. The Bertz CT molecular complexity index is 434. The summed E-state index contributed by atoms with van der Waals surface area (Å²) in [6.45, 7) is 4.28. The Balaban J connectivity index is 2.17. The van der Waals surface area contributed by atoms with Crippen LogP contribution in [0.2, 0.25) is 0 Å². The summed E-state index contributed by atoms with van der Waals surface area (Å²) in [5, 5.41) is 2.39. The third-order valence-corrected chi connectivity index (χ3v) is 3.24. The fraction of sp³-hybridized carbons (Fsp3) is 0.429. The van der Waals surface area contributed by atoms with Gasteiger partial charge >= 0.3 is 0 Å². The Morgan fingerprint density at radius 2 is 1.82 bits per heavy atom. The molecule has 0 aromatic heterocycles. The number of nitrogens with one attached hydrogen (secondary N) is 1. The van der Waals surface area contributed by atoms with Crippen molar-refractivity contribution in [2.24, 2.45) is 0 Å². The van der Waals surface area contributed by atoms with Crippen molar-refractivity contribution >= 4 is 11.8 Å². The first-order valence-corrected chi connectivity index (χ1v) is 6.01. The molecule has 0 radical (unpaired) electrons. The molecule has 2 rings (SSSR count). The van der Waals surface area contributed by atoms with Crippen molar-refractivity contribution in [1.82, 2.24) is 5.32 Å². The van der Waals surface area contributed by atoms with Crippen LogP contribution in [0.3, 0.4) is 0 Å². The van der Waals surface area contributed by atoms with Crippen molar-refractivity contribution in [3.8, 4) is 0 Å². The van der Waals surface area contributed by atoms with E-state index in [-0.39, 0.29) is 17.7 Å². The second kappa shape index (κ2) is 4.70. The lowest BCUT2D eigenvalue weighted by Gasteiger charge is -2.21. The predicted octanol–water partition coefficient (Wildman–Crippen LogP) is 2.33. The Morgan fingerprint density at radius 3 is 2.35 bits per heavy atom. The predicted molar refractivity (Wildman–Crippen MR) is 65.7 cm³/mol. The molecule has 1 aliphatic heterocycles. The summed E-state index contributed by atoms with van der Waals surface area (Å²) in [6, 6.07) is 8.11. The van der Waals surface area contributed by atoms with Crippen molar-refractivity contribution in [2.75, 3.05) is 0 Å². The average Bonchev–Trinajstić information content (AvgIpc) is 2.29. The van der Waals surface area contributed by atoms with E-state index in [0.29, 0.717) is 18.8 Å². The van der Waals surface area contributed by atoms with E-state index in [2.05, 4.69) is 31.3 Å². The van der Waals surface area contributed by atoms with Gasteiger partial charge < -0.3 is 0 Å². The zero-order chi connectivity index (χ0) is 12.4. The second-order valence-electron chi connectivity index (χ2n) is 4.83. The van der Waals surface area contributed by atoms with E-state index in [1.165, 1.54) is 5.56 Å². The smallest absolute Gasteiger partial charge is 0.234 e. The molecule has 0 saturated carbocycles. The van der Waals surface area contributed by atoms with E-state index in [1.807, 2.05) is 12.1 Å². The SMILES string of the molecule is CC(C)c1ccc([C@@H]2CCC(=O)NC2=O)cc1. The maximum atomic E-state index is 11.7. The molecule has 3 heteroatoms. The lowest BCUT2D eigenvalue weighted by molar-refractivity contribution is -0.134. The number of imide groups is 1. The summed E-state index contributed by atoms with van der Waals surface area (Å²) in [7, 11) is 0. The van der Waals surface area contributed by atoms with Crippen LogP contribution < -0.4 is 5.32 Å². The standard InChI is InChI=1S/C14H17NO2/c1-9(2)10-3-5-11(6-4-10)12-7-8-13(16)15-14(12)17/h3-6,9,12H,7-8H2,1-2H3,(H,15,16,17)/t12-/m0/s1. The summed E-state index contributed by atoms with van der Waals surface area (Å²) in [5.41, 5.74) is 2.26. The molecule has 1 fully saturated rings.